The predicted octanol–water partition coefficient (Wildman–Crippen LogP) is 0.223. The molecule has 0 rings (SSSR count). The molecule has 78 valence electrons. The zero-order chi connectivity index (χ0) is 10.4. The minimum Gasteiger partial charge on any atom is -0.375 e. The molecule has 0 saturated carbocycles. The Hall–Kier alpha value is -0.650. The summed E-state index contributed by atoms with van der Waals surface area (Å²) in [4.78, 5) is 15.7. The van der Waals surface area contributed by atoms with E-state index >= 15 is 0 Å². The zero-order valence-electron chi connectivity index (χ0n) is 8.23. The molecule has 2 N–H and O–H groups in total. The van der Waals surface area contributed by atoms with Gasteiger partial charge in [0.05, 0.1) is 0 Å². The number of hydrogen-bond donors (Lipinski definition) is 2. The molecule has 0 aliphatic carbocycles. The van der Waals surface area contributed by atoms with Crippen LogP contribution in [0.2, 0.25) is 0 Å². The van der Waals surface area contributed by atoms with Gasteiger partial charge in [0, 0.05) is 6.42 Å². The van der Waals surface area contributed by atoms with Crippen molar-refractivity contribution in [1.82, 2.24) is 5.06 Å². The second kappa shape index (κ2) is 5.90. The Morgan fingerprint density at radius 3 is 2.15 bits per heavy atom. The highest BCUT2D eigenvalue weighted by atomic mass is 16.7. The van der Waals surface area contributed by atoms with E-state index in [-0.39, 0.29) is 6.42 Å². The third-order valence-corrected chi connectivity index (χ3v) is 1.40. The average molecular weight is 191 g/mol. The van der Waals surface area contributed by atoms with Crippen molar-refractivity contribution in [2.45, 2.75) is 46.1 Å². The monoisotopic (exact) mass is 191 g/mol. The SMILES string of the molecule is CCCC(=O)ON(C(C)O)C(C)O. The van der Waals surface area contributed by atoms with Crippen LogP contribution in [0.4, 0.5) is 0 Å². The molecule has 5 nitrogen and oxygen atoms in total. The number of aliphatic hydroxyl groups excluding tert-OH is 2. The van der Waals surface area contributed by atoms with Crippen LogP contribution in [0.15, 0.2) is 0 Å². The highest BCUT2D eigenvalue weighted by Crippen LogP contribution is 2.04. The number of aliphatic hydroxyl groups is 2. The lowest BCUT2D eigenvalue weighted by Gasteiger charge is -2.25. The molecule has 0 aromatic rings. The van der Waals surface area contributed by atoms with Crippen molar-refractivity contribution in [3.63, 3.8) is 0 Å². The standard InChI is InChI=1S/C8H17NO4/c1-4-5-8(12)13-9(6(2)10)7(3)11/h6-7,10-11H,4-5H2,1-3H3. The van der Waals surface area contributed by atoms with Crippen molar-refractivity contribution in [1.29, 1.82) is 0 Å². The fourth-order valence-electron chi connectivity index (χ4n) is 0.832. The van der Waals surface area contributed by atoms with E-state index < -0.39 is 18.4 Å². The largest absolute Gasteiger partial charge is 0.375 e. The lowest BCUT2D eigenvalue weighted by atomic mass is 10.3. The van der Waals surface area contributed by atoms with Gasteiger partial charge in [-0.2, -0.15) is 0 Å². The van der Waals surface area contributed by atoms with Crippen molar-refractivity contribution in [3.05, 3.63) is 0 Å². The maximum atomic E-state index is 11.0. The molecule has 0 aliphatic heterocycles. The smallest absolute Gasteiger partial charge is 0.325 e. The third-order valence-electron chi connectivity index (χ3n) is 1.40. The molecule has 0 aliphatic rings. The lowest BCUT2D eigenvalue weighted by molar-refractivity contribution is -0.276. The molecule has 2 unspecified atom stereocenters. The molecule has 2 atom stereocenters. The summed E-state index contributed by atoms with van der Waals surface area (Å²) in [6.45, 7) is 4.66. The highest BCUT2D eigenvalue weighted by molar-refractivity contribution is 5.68. The van der Waals surface area contributed by atoms with Crippen LogP contribution < -0.4 is 0 Å². The molecule has 0 bridgehead atoms. The van der Waals surface area contributed by atoms with Crippen LogP contribution in [0.3, 0.4) is 0 Å². The number of rotatable bonds is 5. The summed E-state index contributed by atoms with van der Waals surface area (Å²) in [6, 6.07) is 0. The van der Waals surface area contributed by atoms with Gasteiger partial charge in [-0.1, -0.05) is 12.0 Å². The zero-order valence-corrected chi connectivity index (χ0v) is 8.23. The summed E-state index contributed by atoms with van der Waals surface area (Å²) in [5.41, 5.74) is 0. The van der Waals surface area contributed by atoms with Crippen LogP contribution in [0, 0.1) is 0 Å². The van der Waals surface area contributed by atoms with Gasteiger partial charge < -0.3 is 15.1 Å². The first-order chi connectivity index (χ1) is 5.99. The summed E-state index contributed by atoms with van der Waals surface area (Å²) in [5, 5.41) is 19.0. The summed E-state index contributed by atoms with van der Waals surface area (Å²) in [6.07, 6.45) is -1.08. The number of carbonyl (C=O) groups excluding carboxylic acids is 1. The van der Waals surface area contributed by atoms with Crippen molar-refractivity contribution >= 4 is 5.97 Å². The molecule has 0 spiro atoms. The Morgan fingerprint density at radius 2 is 1.85 bits per heavy atom. The molecule has 5 heteroatoms. The second-order valence-electron chi connectivity index (χ2n) is 2.84. The molecule has 0 aromatic heterocycles. The number of hydroxylamine groups is 2. The van der Waals surface area contributed by atoms with E-state index in [2.05, 4.69) is 0 Å². The van der Waals surface area contributed by atoms with Crippen molar-refractivity contribution < 1.29 is 19.8 Å². The number of carbonyl (C=O) groups is 1. The van der Waals surface area contributed by atoms with E-state index in [0.717, 1.165) is 5.06 Å². The Bertz CT molecular complexity index is 150. The molecular weight excluding hydrogens is 174 g/mol. The van der Waals surface area contributed by atoms with Crippen LogP contribution >= 0.6 is 0 Å². The van der Waals surface area contributed by atoms with Crippen molar-refractivity contribution in [3.8, 4) is 0 Å². The van der Waals surface area contributed by atoms with Gasteiger partial charge in [-0.15, -0.1) is 0 Å². The van der Waals surface area contributed by atoms with E-state index in [4.69, 9.17) is 15.1 Å². The van der Waals surface area contributed by atoms with Crippen molar-refractivity contribution in [2.75, 3.05) is 0 Å². The van der Waals surface area contributed by atoms with Crippen LogP contribution in [0.25, 0.3) is 0 Å². The summed E-state index contributed by atoms with van der Waals surface area (Å²) < 4.78 is 0. The molecule has 0 heterocycles. The Labute approximate surface area is 77.9 Å². The Balaban J connectivity index is 4.02. The quantitative estimate of drug-likeness (QED) is 0.480. The van der Waals surface area contributed by atoms with Gasteiger partial charge in [0.25, 0.3) is 0 Å². The summed E-state index contributed by atoms with van der Waals surface area (Å²) in [5.74, 6) is -0.454. The second-order valence-corrected chi connectivity index (χ2v) is 2.84. The summed E-state index contributed by atoms with van der Waals surface area (Å²) in [7, 11) is 0. The topological polar surface area (TPSA) is 70.0 Å². The maximum absolute atomic E-state index is 11.0. The molecular formula is C8H17NO4. The molecule has 0 fully saturated rings. The van der Waals surface area contributed by atoms with Gasteiger partial charge in [-0.05, 0) is 20.3 Å². The first-order valence-electron chi connectivity index (χ1n) is 4.34. The Morgan fingerprint density at radius 1 is 1.38 bits per heavy atom. The average Bonchev–Trinajstić information content (AvgIpc) is 1.99. The van der Waals surface area contributed by atoms with E-state index in [1.807, 2.05) is 6.92 Å². The minimum atomic E-state index is -1.01. The van der Waals surface area contributed by atoms with Crippen LogP contribution in [0.5, 0.6) is 0 Å². The number of hydrogen-bond acceptors (Lipinski definition) is 5. The van der Waals surface area contributed by atoms with E-state index in [1.165, 1.54) is 13.8 Å². The molecule has 0 amide bonds. The predicted molar refractivity (Wildman–Crippen MR) is 46.2 cm³/mol. The van der Waals surface area contributed by atoms with Gasteiger partial charge in [0.1, 0.15) is 12.5 Å². The van der Waals surface area contributed by atoms with Gasteiger partial charge in [-0.3, -0.25) is 4.79 Å². The van der Waals surface area contributed by atoms with Crippen LogP contribution in [-0.2, 0) is 9.63 Å². The highest BCUT2D eigenvalue weighted by Gasteiger charge is 2.20. The fraction of sp³-hybridized carbons (Fsp3) is 0.875. The van der Waals surface area contributed by atoms with Gasteiger partial charge in [-0.25, -0.2) is 0 Å². The van der Waals surface area contributed by atoms with Crippen LogP contribution in [0.1, 0.15) is 33.6 Å². The summed E-state index contributed by atoms with van der Waals surface area (Å²) >= 11 is 0. The van der Waals surface area contributed by atoms with Crippen LogP contribution in [-0.4, -0.2) is 33.7 Å². The molecule has 0 radical (unpaired) electrons. The molecule has 0 aromatic carbocycles. The minimum absolute atomic E-state index is 0.274. The molecule has 13 heavy (non-hydrogen) atoms. The van der Waals surface area contributed by atoms with E-state index in [0.29, 0.717) is 6.42 Å². The van der Waals surface area contributed by atoms with Crippen molar-refractivity contribution in [2.24, 2.45) is 0 Å². The fourth-order valence-corrected chi connectivity index (χ4v) is 0.832. The van der Waals surface area contributed by atoms with Gasteiger partial charge >= 0.3 is 5.97 Å². The normalized spacial score (nSPS) is 15.5. The molecule has 0 saturated heterocycles. The first kappa shape index (κ1) is 12.3. The first-order valence-corrected chi connectivity index (χ1v) is 4.34. The van der Waals surface area contributed by atoms with E-state index in [1.54, 1.807) is 0 Å². The van der Waals surface area contributed by atoms with Gasteiger partial charge in [0.2, 0.25) is 0 Å². The Kier molecular flexibility index (Phi) is 5.61. The number of nitrogens with zero attached hydrogens (tertiary/aromatic N) is 1. The maximum Gasteiger partial charge on any atom is 0.325 e. The van der Waals surface area contributed by atoms with E-state index in [9.17, 15) is 4.79 Å². The lowest BCUT2D eigenvalue weighted by Crippen LogP contribution is -2.41. The van der Waals surface area contributed by atoms with Gasteiger partial charge in [0.15, 0.2) is 0 Å². The third kappa shape index (κ3) is 4.82.